The van der Waals surface area contributed by atoms with Crippen LogP contribution in [0.2, 0.25) is 5.02 Å². The zero-order chi connectivity index (χ0) is 17.0. The summed E-state index contributed by atoms with van der Waals surface area (Å²) < 4.78 is 1.35. The first kappa shape index (κ1) is 16.6. The largest absolute Gasteiger partial charge is 0.350 e. The lowest BCUT2D eigenvalue weighted by Crippen LogP contribution is -2.31. The number of aryl methyl sites for hydroxylation is 1. The summed E-state index contributed by atoms with van der Waals surface area (Å²) in [5, 5.41) is 13.7. The molecule has 0 aliphatic heterocycles. The molecule has 8 nitrogen and oxygen atoms in total. The first-order valence-corrected chi connectivity index (χ1v) is 7.01. The summed E-state index contributed by atoms with van der Waals surface area (Å²) in [6, 6.07) is 3.75. The van der Waals surface area contributed by atoms with Gasteiger partial charge in [-0.15, -0.1) is 0 Å². The maximum atomic E-state index is 12.1. The monoisotopic (exact) mass is 336 g/mol. The number of benzene rings is 1. The van der Waals surface area contributed by atoms with Gasteiger partial charge in [-0.25, -0.2) is 4.98 Å². The highest BCUT2D eigenvalue weighted by Crippen LogP contribution is 2.22. The fourth-order valence-electron chi connectivity index (χ4n) is 1.95. The number of carbonyl (C=O) groups excluding carboxylic acids is 1. The second kappa shape index (κ2) is 7.01. The van der Waals surface area contributed by atoms with Crippen molar-refractivity contribution in [1.29, 1.82) is 0 Å². The van der Waals surface area contributed by atoms with Crippen LogP contribution in [0.3, 0.4) is 0 Å². The molecule has 9 heteroatoms. The minimum atomic E-state index is -0.653. The molecule has 120 valence electrons. The third-order valence-corrected chi connectivity index (χ3v) is 3.35. The van der Waals surface area contributed by atoms with E-state index in [0.717, 1.165) is 0 Å². The van der Waals surface area contributed by atoms with Crippen LogP contribution in [0, 0.1) is 17.0 Å². The maximum Gasteiger partial charge on any atom is 0.282 e. The lowest BCUT2D eigenvalue weighted by atomic mass is 10.1. The van der Waals surface area contributed by atoms with Gasteiger partial charge in [0, 0.05) is 35.9 Å². The van der Waals surface area contributed by atoms with Gasteiger partial charge in [-0.1, -0.05) is 11.6 Å². The molecule has 0 bridgehead atoms. The van der Waals surface area contributed by atoms with Crippen molar-refractivity contribution in [3.8, 4) is 0 Å². The van der Waals surface area contributed by atoms with Gasteiger partial charge in [-0.3, -0.25) is 24.3 Å². The summed E-state index contributed by atoms with van der Waals surface area (Å²) in [5.41, 5.74) is -0.175. The van der Waals surface area contributed by atoms with E-state index < -0.39 is 10.8 Å². The number of amides is 1. The maximum absolute atomic E-state index is 12.1. The normalized spacial score (nSPS) is 10.3. The van der Waals surface area contributed by atoms with Gasteiger partial charge in [0.15, 0.2) is 0 Å². The van der Waals surface area contributed by atoms with Crippen LogP contribution in [0.1, 0.15) is 15.9 Å². The van der Waals surface area contributed by atoms with Crippen LogP contribution in [0.5, 0.6) is 0 Å². The highest BCUT2D eigenvalue weighted by atomic mass is 35.5. The van der Waals surface area contributed by atoms with Crippen molar-refractivity contribution in [1.82, 2.24) is 14.9 Å². The zero-order valence-corrected chi connectivity index (χ0v) is 12.9. The Morgan fingerprint density at radius 1 is 1.48 bits per heavy atom. The zero-order valence-electron chi connectivity index (χ0n) is 12.2. The predicted octanol–water partition coefficient (Wildman–Crippen LogP) is 1.54. The lowest BCUT2D eigenvalue weighted by Gasteiger charge is -2.08. The van der Waals surface area contributed by atoms with Crippen LogP contribution >= 0.6 is 11.6 Å². The van der Waals surface area contributed by atoms with Crippen LogP contribution < -0.4 is 10.9 Å². The summed E-state index contributed by atoms with van der Waals surface area (Å²) in [6.45, 7) is 1.96. The minimum Gasteiger partial charge on any atom is -0.350 e. The van der Waals surface area contributed by atoms with E-state index in [1.165, 1.54) is 35.3 Å². The molecule has 0 fully saturated rings. The van der Waals surface area contributed by atoms with E-state index in [0.29, 0.717) is 5.56 Å². The summed E-state index contributed by atoms with van der Waals surface area (Å²) in [5.74, 6) is -0.632. The number of rotatable bonds is 5. The quantitative estimate of drug-likeness (QED) is 0.658. The van der Waals surface area contributed by atoms with Crippen LogP contribution in [0.4, 0.5) is 5.69 Å². The number of carbonyl (C=O) groups is 1. The van der Waals surface area contributed by atoms with Crippen LogP contribution in [0.25, 0.3) is 0 Å². The molecule has 1 heterocycles. The summed E-state index contributed by atoms with van der Waals surface area (Å²) in [6.07, 6.45) is 2.82. The van der Waals surface area contributed by atoms with E-state index >= 15 is 0 Å². The molecule has 1 N–H and O–H groups in total. The van der Waals surface area contributed by atoms with Gasteiger partial charge in [0.1, 0.15) is 5.56 Å². The van der Waals surface area contributed by atoms with Crippen molar-refractivity contribution in [2.45, 2.75) is 13.5 Å². The van der Waals surface area contributed by atoms with Gasteiger partial charge in [0.2, 0.25) is 0 Å². The molecule has 1 amide bonds. The van der Waals surface area contributed by atoms with Gasteiger partial charge in [-0.2, -0.15) is 0 Å². The van der Waals surface area contributed by atoms with Crippen molar-refractivity contribution in [3.05, 3.63) is 67.3 Å². The predicted molar refractivity (Wildman–Crippen MR) is 83.7 cm³/mol. The molecule has 0 spiro atoms. The first-order chi connectivity index (χ1) is 10.9. The molecule has 0 aliphatic rings. The molecule has 1 aromatic carbocycles. The molecule has 0 unspecified atom stereocenters. The number of hydrogen-bond donors (Lipinski definition) is 1. The Balaban J connectivity index is 2.09. The summed E-state index contributed by atoms with van der Waals surface area (Å²) >= 11 is 5.78. The Bertz CT molecular complexity index is 819. The molecule has 0 atom stereocenters. The van der Waals surface area contributed by atoms with Crippen molar-refractivity contribution in [2.24, 2.45) is 0 Å². The van der Waals surface area contributed by atoms with Crippen LogP contribution in [0.15, 0.2) is 35.5 Å². The Labute approximate surface area is 135 Å². The topological polar surface area (TPSA) is 107 Å². The summed E-state index contributed by atoms with van der Waals surface area (Å²) in [7, 11) is 0. The second-order valence-electron chi connectivity index (χ2n) is 4.75. The Morgan fingerprint density at radius 3 is 2.91 bits per heavy atom. The smallest absolute Gasteiger partial charge is 0.282 e. The molecule has 0 aliphatic carbocycles. The highest BCUT2D eigenvalue weighted by Gasteiger charge is 2.20. The third-order valence-electron chi connectivity index (χ3n) is 3.11. The molecule has 0 radical (unpaired) electrons. The lowest BCUT2D eigenvalue weighted by molar-refractivity contribution is -0.385. The molecule has 23 heavy (non-hydrogen) atoms. The van der Waals surface area contributed by atoms with E-state index in [4.69, 9.17) is 11.6 Å². The number of halogens is 1. The number of hydrogen-bond acceptors (Lipinski definition) is 5. The molecular formula is C14H13ClN4O4. The van der Waals surface area contributed by atoms with Crippen molar-refractivity contribution in [2.75, 3.05) is 6.54 Å². The summed E-state index contributed by atoms with van der Waals surface area (Å²) in [4.78, 5) is 38.1. The SMILES string of the molecule is Cc1cncn(CCNC(=O)c2cc(Cl)ccc2[N+](=O)[O-])c1=O. The van der Waals surface area contributed by atoms with E-state index in [1.807, 2.05) is 0 Å². The van der Waals surface area contributed by atoms with Gasteiger partial charge in [0.25, 0.3) is 17.2 Å². The van der Waals surface area contributed by atoms with E-state index in [9.17, 15) is 19.7 Å². The fourth-order valence-corrected chi connectivity index (χ4v) is 2.13. The molecule has 0 saturated heterocycles. The van der Waals surface area contributed by atoms with E-state index in [1.54, 1.807) is 6.92 Å². The van der Waals surface area contributed by atoms with E-state index in [2.05, 4.69) is 10.3 Å². The molecular weight excluding hydrogens is 324 g/mol. The standard InChI is InChI=1S/C14H13ClN4O4/c1-9-7-16-8-18(14(9)21)5-4-17-13(20)11-6-10(15)2-3-12(11)19(22)23/h2-3,6-8H,4-5H2,1H3,(H,17,20). The van der Waals surface area contributed by atoms with Crippen molar-refractivity contribution in [3.63, 3.8) is 0 Å². The molecule has 0 saturated carbocycles. The van der Waals surface area contributed by atoms with Crippen molar-refractivity contribution >= 4 is 23.2 Å². The second-order valence-corrected chi connectivity index (χ2v) is 5.19. The number of nitrogens with one attached hydrogen (secondary N) is 1. The Morgan fingerprint density at radius 2 is 2.22 bits per heavy atom. The molecule has 1 aromatic heterocycles. The minimum absolute atomic E-state index is 0.119. The highest BCUT2D eigenvalue weighted by molar-refractivity contribution is 6.31. The van der Waals surface area contributed by atoms with Gasteiger partial charge < -0.3 is 5.32 Å². The number of nitro groups is 1. The molecule has 2 aromatic rings. The average molecular weight is 337 g/mol. The number of nitro benzene ring substituents is 1. The average Bonchev–Trinajstić information content (AvgIpc) is 2.51. The number of aromatic nitrogens is 2. The van der Waals surface area contributed by atoms with Crippen LogP contribution in [-0.2, 0) is 6.54 Å². The van der Waals surface area contributed by atoms with Crippen LogP contribution in [-0.4, -0.2) is 26.9 Å². The first-order valence-electron chi connectivity index (χ1n) is 6.63. The third kappa shape index (κ3) is 3.92. The van der Waals surface area contributed by atoms with Crippen molar-refractivity contribution < 1.29 is 9.72 Å². The molecule has 2 rings (SSSR count). The van der Waals surface area contributed by atoms with Gasteiger partial charge >= 0.3 is 0 Å². The van der Waals surface area contributed by atoms with E-state index in [-0.39, 0.29) is 34.9 Å². The van der Waals surface area contributed by atoms with Gasteiger partial charge in [0.05, 0.1) is 11.3 Å². The Hall–Kier alpha value is -2.74. The Kier molecular flexibility index (Phi) is 5.07. The number of nitrogens with zero attached hydrogens (tertiary/aromatic N) is 3. The fraction of sp³-hybridized carbons (Fsp3) is 0.214. The van der Waals surface area contributed by atoms with Gasteiger partial charge in [-0.05, 0) is 19.1 Å².